The van der Waals surface area contributed by atoms with Crippen molar-refractivity contribution in [3.05, 3.63) is 59.5 Å². The smallest absolute Gasteiger partial charge is 0.270 e. The molecule has 1 atom stereocenters. The Morgan fingerprint density at radius 2 is 1.97 bits per heavy atom. The molecule has 0 saturated carbocycles. The molecule has 0 aliphatic heterocycles. The molecule has 1 N–H and O–H groups in total. The average Bonchev–Trinajstić information content (AvgIpc) is 3.41. The van der Waals surface area contributed by atoms with Crippen LogP contribution in [0, 0.1) is 13.8 Å². The fourth-order valence-electron chi connectivity index (χ4n) is 3.85. The van der Waals surface area contributed by atoms with E-state index in [-0.39, 0.29) is 11.9 Å². The average molecular weight is 423 g/mol. The second-order valence-corrected chi connectivity index (χ2v) is 8.14. The van der Waals surface area contributed by atoms with Gasteiger partial charge in [0.05, 0.1) is 12.0 Å². The lowest BCUT2D eigenvalue weighted by Crippen LogP contribution is -2.34. The number of rotatable bonds is 10. The SMILES string of the molecule is CCN(CC)CCCC(C)NC(=O)c1cc(-c2ccco2)nn1-c1ccc(C)cc1C. The minimum atomic E-state index is -0.124. The lowest BCUT2D eigenvalue weighted by Gasteiger charge is -2.20. The van der Waals surface area contributed by atoms with Crippen molar-refractivity contribution < 1.29 is 9.21 Å². The molecule has 0 spiro atoms. The van der Waals surface area contributed by atoms with Crippen LogP contribution in [0.25, 0.3) is 17.1 Å². The van der Waals surface area contributed by atoms with Gasteiger partial charge in [0.1, 0.15) is 11.4 Å². The molecule has 0 saturated heterocycles. The molecule has 0 aliphatic carbocycles. The molecule has 1 amide bonds. The first-order valence-corrected chi connectivity index (χ1v) is 11.2. The summed E-state index contributed by atoms with van der Waals surface area (Å²) in [5, 5.41) is 7.86. The van der Waals surface area contributed by atoms with Crippen molar-refractivity contribution in [3.63, 3.8) is 0 Å². The maximum Gasteiger partial charge on any atom is 0.270 e. The zero-order valence-electron chi connectivity index (χ0n) is 19.3. The summed E-state index contributed by atoms with van der Waals surface area (Å²) < 4.78 is 7.25. The third-order valence-corrected chi connectivity index (χ3v) is 5.68. The molecule has 166 valence electrons. The Balaban J connectivity index is 1.81. The predicted octanol–water partition coefficient (Wildman–Crippen LogP) is 4.99. The number of aryl methyl sites for hydroxylation is 2. The number of hydrogen-bond acceptors (Lipinski definition) is 4. The summed E-state index contributed by atoms with van der Waals surface area (Å²) in [5.41, 5.74) is 4.28. The van der Waals surface area contributed by atoms with E-state index < -0.39 is 0 Å². The van der Waals surface area contributed by atoms with Crippen LogP contribution in [0.4, 0.5) is 0 Å². The second-order valence-electron chi connectivity index (χ2n) is 8.14. The van der Waals surface area contributed by atoms with Crippen molar-refractivity contribution in [1.82, 2.24) is 20.0 Å². The second kappa shape index (κ2) is 10.4. The van der Waals surface area contributed by atoms with Crippen molar-refractivity contribution in [1.29, 1.82) is 0 Å². The van der Waals surface area contributed by atoms with Gasteiger partial charge >= 0.3 is 0 Å². The van der Waals surface area contributed by atoms with Gasteiger partial charge < -0.3 is 14.6 Å². The van der Waals surface area contributed by atoms with Gasteiger partial charge in [-0.3, -0.25) is 4.79 Å². The quantitative estimate of drug-likeness (QED) is 0.500. The molecule has 6 nitrogen and oxygen atoms in total. The number of carbonyl (C=O) groups is 1. The van der Waals surface area contributed by atoms with Gasteiger partial charge in [-0.15, -0.1) is 0 Å². The molecule has 0 fully saturated rings. The van der Waals surface area contributed by atoms with Gasteiger partial charge in [-0.1, -0.05) is 31.5 Å². The van der Waals surface area contributed by atoms with E-state index in [2.05, 4.69) is 44.0 Å². The largest absolute Gasteiger partial charge is 0.463 e. The van der Waals surface area contributed by atoms with Gasteiger partial charge in [-0.05, 0) is 77.0 Å². The third-order valence-electron chi connectivity index (χ3n) is 5.68. The molecular weight excluding hydrogens is 388 g/mol. The molecule has 6 heteroatoms. The number of aromatic nitrogens is 2. The Bertz CT molecular complexity index is 987. The van der Waals surface area contributed by atoms with Gasteiger partial charge in [0.15, 0.2) is 5.76 Å². The molecule has 1 unspecified atom stereocenters. The van der Waals surface area contributed by atoms with Crippen LogP contribution < -0.4 is 5.32 Å². The highest BCUT2D eigenvalue weighted by Gasteiger charge is 2.21. The van der Waals surface area contributed by atoms with E-state index in [4.69, 9.17) is 9.52 Å². The van der Waals surface area contributed by atoms with E-state index in [1.54, 1.807) is 17.0 Å². The highest BCUT2D eigenvalue weighted by molar-refractivity contribution is 5.94. The van der Waals surface area contributed by atoms with E-state index in [1.807, 2.05) is 31.2 Å². The summed E-state index contributed by atoms with van der Waals surface area (Å²) in [6.07, 6.45) is 3.60. The van der Waals surface area contributed by atoms with Crippen LogP contribution in [0.2, 0.25) is 0 Å². The van der Waals surface area contributed by atoms with Crippen LogP contribution in [-0.4, -0.2) is 46.3 Å². The molecule has 2 heterocycles. The van der Waals surface area contributed by atoms with E-state index in [0.29, 0.717) is 17.1 Å². The van der Waals surface area contributed by atoms with E-state index in [9.17, 15) is 4.79 Å². The highest BCUT2D eigenvalue weighted by atomic mass is 16.3. The number of hydrogen-bond donors (Lipinski definition) is 1. The molecule has 1 aromatic carbocycles. The minimum absolute atomic E-state index is 0.0811. The van der Waals surface area contributed by atoms with Crippen LogP contribution in [0.1, 0.15) is 55.2 Å². The zero-order chi connectivity index (χ0) is 22.4. The van der Waals surface area contributed by atoms with Crippen LogP contribution in [0.3, 0.4) is 0 Å². The number of nitrogens with zero attached hydrogens (tertiary/aromatic N) is 3. The van der Waals surface area contributed by atoms with Gasteiger partial charge in [0.2, 0.25) is 0 Å². The first-order valence-electron chi connectivity index (χ1n) is 11.2. The molecule has 0 radical (unpaired) electrons. The van der Waals surface area contributed by atoms with Crippen LogP contribution >= 0.6 is 0 Å². The number of carbonyl (C=O) groups excluding carboxylic acids is 1. The lowest BCUT2D eigenvalue weighted by molar-refractivity contribution is 0.0929. The minimum Gasteiger partial charge on any atom is -0.463 e. The summed E-state index contributed by atoms with van der Waals surface area (Å²) in [6, 6.07) is 11.7. The monoisotopic (exact) mass is 422 g/mol. The molecular formula is C25H34N4O2. The topological polar surface area (TPSA) is 63.3 Å². The summed E-state index contributed by atoms with van der Waals surface area (Å²) >= 11 is 0. The van der Waals surface area contributed by atoms with E-state index in [1.165, 1.54) is 5.56 Å². The fraction of sp³-hybridized carbons (Fsp3) is 0.440. The van der Waals surface area contributed by atoms with Gasteiger partial charge in [0, 0.05) is 12.1 Å². The standard InChI is InChI=1S/C25H34N4O2/c1-6-28(7-2)14-8-10-20(5)26-25(30)23-17-21(24-11-9-15-31-24)27-29(23)22-13-12-18(3)16-19(22)4/h9,11-13,15-17,20H,6-8,10,14H2,1-5H3,(H,26,30). The first kappa shape index (κ1) is 22.8. The number of benzene rings is 1. The number of amides is 1. The third kappa shape index (κ3) is 5.64. The molecule has 31 heavy (non-hydrogen) atoms. The summed E-state index contributed by atoms with van der Waals surface area (Å²) in [7, 11) is 0. The zero-order valence-corrected chi connectivity index (χ0v) is 19.3. The Morgan fingerprint density at radius 1 is 1.19 bits per heavy atom. The Hall–Kier alpha value is -2.86. The van der Waals surface area contributed by atoms with Crippen LogP contribution in [0.5, 0.6) is 0 Å². The number of nitrogens with one attached hydrogen (secondary N) is 1. The Kier molecular flexibility index (Phi) is 7.69. The summed E-state index contributed by atoms with van der Waals surface area (Å²) in [4.78, 5) is 15.6. The molecule has 0 bridgehead atoms. The first-order chi connectivity index (χ1) is 14.9. The lowest BCUT2D eigenvalue weighted by atomic mass is 10.1. The van der Waals surface area contributed by atoms with E-state index in [0.717, 1.165) is 43.7 Å². The van der Waals surface area contributed by atoms with Gasteiger partial charge in [0.25, 0.3) is 5.91 Å². The van der Waals surface area contributed by atoms with Crippen LogP contribution in [0.15, 0.2) is 47.1 Å². The molecule has 3 rings (SSSR count). The van der Waals surface area contributed by atoms with Crippen molar-refractivity contribution in [2.75, 3.05) is 19.6 Å². The van der Waals surface area contributed by atoms with Crippen LogP contribution in [-0.2, 0) is 0 Å². The van der Waals surface area contributed by atoms with Crippen molar-refractivity contribution in [2.24, 2.45) is 0 Å². The normalized spacial score (nSPS) is 12.3. The Labute approximate surface area is 185 Å². The summed E-state index contributed by atoms with van der Waals surface area (Å²) in [5.74, 6) is 0.519. The van der Waals surface area contributed by atoms with E-state index >= 15 is 0 Å². The fourth-order valence-corrected chi connectivity index (χ4v) is 3.85. The van der Waals surface area contributed by atoms with Gasteiger partial charge in [-0.25, -0.2) is 4.68 Å². The van der Waals surface area contributed by atoms with Crippen molar-refractivity contribution >= 4 is 5.91 Å². The molecule has 0 aliphatic rings. The molecule has 3 aromatic rings. The Morgan fingerprint density at radius 3 is 2.61 bits per heavy atom. The maximum absolute atomic E-state index is 13.2. The van der Waals surface area contributed by atoms with Gasteiger partial charge in [-0.2, -0.15) is 5.10 Å². The highest BCUT2D eigenvalue weighted by Crippen LogP contribution is 2.24. The number of furan rings is 1. The van der Waals surface area contributed by atoms with Crippen molar-refractivity contribution in [2.45, 2.75) is 53.5 Å². The predicted molar refractivity (Wildman–Crippen MR) is 125 cm³/mol. The van der Waals surface area contributed by atoms with Crippen molar-refractivity contribution in [3.8, 4) is 17.1 Å². The molecule has 2 aromatic heterocycles. The maximum atomic E-state index is 13.2. The summed E-state index contributed by atoms with van der Waals surface area (Å²) in [6.45, 7) is 13.7.